The van der Waals surface area contributed by atoms with Crippen LogP contribution in [0.5, 0.6) is 0 Å². The molecule has 0 saturated carbocycles. The summed E-state index contributed by atoms with van der Waals surface area (Å²) in [7, 11) is 0. The fourth-order valence-electron chi connectivity index (χ4n) is 4.87. The highest BCUT2D eigenvalue weighted by molar-refractivity contribution is 5.92. The lowest BCUT2D eigenvalue weighted by Crippen LogP contribution is -2.52. The van der Waals surface area contributed by atoms with Gasteiger partial charge in [0.15, 0.2) is 0 Å². The summed E-state index contributed by atoms with van der Waals surface area (Å²) in [5.41, 5.74) is 7.83. The molecule has 5 N–H and O–H groups in total. The summed E-state index contributed by atoms with van der Waals surface area (Å²) in [6, 6.07) is 7.31. The molecular formula is C26H38N4O4. The Morgan fingerprint density at radius 1 is 1.18 bits per heavy atom. The van der Waals surface area contributed by atoms with Crippen LogP contribution in [0.3, 0.4) is 0 Å². The number of aromatic nitrogens is 1. The molecule has 2 unspecified atom stereocenters. The molecule has 1 aromatic heterocycles. The molecule has 0 fully saturated rings. The minimum absolute atomic E-state index is 0.107. The van der Waals surface area contributed by atoms with E-state index in [1.54, 1.807) is 0 Å². The average molecular weight is 471 g/mol. The predicted octanol–water partition coefficient (Wildman–Crippen LogP) is 2.68. The lowest BCUT2D eigenvalue weighted by Gasteiger charge is -2.26. The molecule has 8 nitrogen and oxygen atoms in total. The van der Waals surface area contributed by atoms with Crippen molar-refractivity contribution in [3.63, 3.8) is 0 Å². The van der Waals surface area contributed by atoms with Crippen molar-refractivity contribution in [3.05, 3.63) is 36.0 Å². The summed E-state index contributed by atoms with van der Waals surface area (Å²) in [6.07, 6.45) is 6.86. The Hall–Kier alpha value is -2.87. The van der Waals surface area contributed by atoms with E-state index >= 15 is 0 Å². The molecule has 186 valence electrons. The fourth-order valence-corrected chi connectivity index (χ4v) is 4.87. The predicted molar refractivity (Wildman–Crippen MR) is 132 cm³/mol. The number of fused-ring (bicyclic) bond motifs is 5. The Kier molecular flexibility index (Phi) is 9.10. The van der Waals surface area contributed by atoms with Crippen LogP contribution in [0.4, 0.5) is 0 Å². The number of hydrogen-bond acceptors (Lipinski definition) is 4. The number of nitrogens with two attached hydrogens (primary N) is 1. The monoisotopic (exact) mass is 470 g/mol. The quantitative estimate of drug-likeness (QED) is 0.495. The molecule has 1 aromatic carbocycles. The number of amides is 2. The first kappa shape index (κ1) is 25.7. The average Bonchev–Trinajstić information content (AvgIpc) is 3.14. The van der Waals surface area contributed by atoms with E-state index in [0.29, 0.717) is 19.4 Å². The molecule has 2 bridgehead atoms. The van der Waals surface area contributed by atoms with Crippen LogP contribution >= 0.6 is 0 Å². The number of hydrogen-bond donors (Lipinski definition) is 4. The first-order chi connectivity index (χ1) is 16.3. The van der Waals surface area contributed by atoms with Gasteiger partial charge in [0.05, 0.1) is 11.8 Å². The van der Waals surface area contributed by atoms with E-state index in [1.165, 1.54) is 0 Å². The Balaban J connectivity index is 1.92. The van der Waals surface area contributed by atoms with Crippen molar-refractivity contribution in [2.75, 3.05) is 13.1 Å². The Labute approximate surface area is 201 Å². The van der Waals surface area contributed by atoms with Crippen LogP contribution in [0, 0.1) is 17.8 Å². The second-order valence-electron chi connectivity index (χ2n) is 9.75. The topological polar surface area (TPSA) is 126 Å². The van der Waals surface area contributed by atoms with Crippen molar-refractivity contribution in [2.45, 2.75) is 65.0 Å². The number of carboxylic acids is 1. The second kappa shape index (κ2) is 12.0. The van der Waals surface area contributed by atoms with Gasteiger partial charge < -0.3 is 26.0 Å². The number of benzene rings is 1. The van der Waals surface area contributed by atoms with E-state index < -0.39 is 29.8 Å². The number of carbonyl (C=O) groups excluding carboxylic acids is 2. The van der Waals surface area contributed by atoms with Crippen LogP contribution in [0.15, 0.2) is 30.5 Å². The Morgan fingerprint density at radius 3 is 2.62 bits per heavy atom. The van der Waals surface area contributed by atoms with E-state index in [1.807, 2.05) is 32.0 Å². The molecule has 1 aliphatic heterocycles. The Morgan fingerprint density at radius 2 is 1.91 bits per heavy atom. The van der Waals surface area contributed by atoms with Crippen molar-refractivity contribution < 1.29 is 19.5 Å². The third-order valence-corrected chi connectivity index (χ3v) is 6.67. The van der Waals surface area contributed by atoms with Gasteiger partial charge in [-0.1, -0.05) is 44.9 Å². The number of nitrogens with one attached hydrogen (secondary N) is 2. The maximum Gasteiger partial charge on any atom is 0.308 e. The molecule has 3 atom stereocenters. The van der Waals surface area contributed by atoms with Gasteiger partial charge in [0.2, 0.25) is 11.8 Å². The van der Waals surface area contributed by atoms with Gasteiger partial charge in [-0.3, -0.25) is 14.4 Å². The van der Waals surface area contributed by atoms with E-state index in [4.69, 9.17) is 5.73 Å². The summed E-state index contributed by atoms with van der Waals surface area (Å²) in [5.74, 6) is -3.46. The Bertz CT molecular complexity index is 1000. The minimum Gasteiger partial charge on any atom is -0.481 e. The third kappa shape index (κ3) is 6.38. The van der Waals surface area contributed by atoms with Crippen molar-refractivity contribution in [1.82, 2.24) is 15.2 Å². The highest BCUT2D eigenvalue weighted by atomic mass is 16.4. The van der Waals surface area contributed by atoms with Gasteiger partial charge in [0.25, 0.3) is 0 Å². The number of rotatable bonds is 7. The van der Waals surface area contributed by atoms with Gasteiger partial charge in [-0.25, -0.2) is 0 Å². The van der Waals surface area contributed by atoms with Crippen LogP contribution in [0.2, 0.25) is 0 Å². The van der Waals surface area contributed by atoms with E-state index in [9.17, 15) is 19.5 Å². The largest absolute Gasteiger partial charge is 0.481 e. The van der Waals surface area contributed by atoms with E-state index in [2.05, 4.69) is 27.5 Å². The number of para-hydroxylation sites is 1. The fraction of sp³-hybridized carbons (Fsp3) is 0.577. The zero-order valence-corrected chi connectivity index (χ0v) is 20.3. The van der Waals surface area contributed by atoms with Crippen molar-refractivity contribution >= 4 is 28.7 Å². The molecule has 34 heavy (non-hydrogen) atoms. The molecule has 0 spiro atoms. The summed E-state index contributed by atoms with van der Waals surface area (Å²) in [5, 5.41) is 16.6. The zero-order chi connectivity index (χ0) is 24.7. The molecule has 8 heteroatoms. The molecule has 0 aliphatic carbocycles. The number of carboxylic acid groups (broad SMARTS) is 1. The minimum atomic E-state index is -1.09. The summed E-state index contributed by atoms with van der Waals surface area (Å²) in [4.78, 5) is 38.3. The molecule has 2 heterocycles. The van der Waals surface area contributed by atoms with Gasteiger partial charge >= 0.3 is 5.97 Å². The lowest BCUT2D eigenvalue weighted by molar-refractivity contribution is -0.147. The number of carbonyl (C=O) groups is 3. The maximum absolute atomic E-state index is 13.3. The molecule has 0 radical (unpaired) electrons. The number of nitrogens with zero attached hydrogens (tertiary/aromatic N) is 1. The van der Waals surface area contributed by atoms with Crippen molar-refractivity contribution in [1.29, 1.82) is 0 Å². The molecule has 2 amide bonds. The van der Waals surface area contributed by atoms with Crippen LogP contribution in [0.25, 0.3) is 10.9 Å². The maximum atomic E-state index is 13.3. The van der Waals surface area contributed by atoms with Crippen LogP contribution in [-0.4, -0.2) is 46.6 Å². The lowest BCUT2D eigenvalue weighted by atomic mass is 9.84. The second-order valence-corrected chi connectivity index (χ2v) is 9.75. The van der Waals surface area contributed by atoms with Gasteiger partial charge in [-0.05, 0) is 36.8 Å². The highest BCUT2D eigenvalue weighted by Gasteiger charge is 2.35. The molecular weight excluding hydrogens is 432 g/mol. The van der Waals surface area contributed by atoms with Crippen LogP contribution in [-0.2, 0) is 27.3 Å². The van der Waals surface area contributed by atoms with E-state index in [-0.39, 0.29) is 18.4 Å². The molecule has 3 rings (SSSR count). The summed E-state index contributed by atoms with van der Waals surface area (Å²) >= 11 is 0. The smallest absolute Gasteiger partial charge is 0.308 e. The van der Waals surface area contributed by atoms with Gasteiger partial charge in [-0.2, -0.15) is 0 Å². The standard InChI is InChI=1S/C26H38N4O4/c1-17(2)13-20(21(15-27)26(33)34)24(31)29-22-14-18-16-30(23-10-6-5-9-19(18)23)12-8-4-3-7-11-28-25(22)32/h5-6,9-10,16-17,20-22H,3-4,7-8,11-15,27H2,1-2H3,(H,28,32)(H,29,31)(H,33,34)/t20-,21?,22?/m1/s1. The number of aliphatic carboxylic acids is 1. The van der Waals surface area contributed by atoms with Crippen molar-refractivity contribution in [2.24, 2.45) is 23.5 Å². The molecule has 0 saturated heterocycles. The molecule has 1 aliphatic rings. The third-order valence-electron chi connectivity index (χ3n) is 6.67. The van der Waals surface area contributed by atoms with Crippen LogP contribution < -0.4 is 16.4 Å². The summed E-state index contributed by atoms with van der Waals surface area (Å²) in [6.45, 7) is 5.21. The van der Waals surface area contributed by atoms with Crippen molar-refractivity contribution in [3.8, 4) is 0 Å². The first-order valence-corrected chi connectivity index (χ1v) is 12.4. The zero-order valence-electron chi connectivity index (χ0n) is 20.3. The first-order valence-electron chi connectivity index (χ1n) is 12.4. The van der Waals surface area contributed by atoms with Crippen LogP contribution in [0.1, 0.15) is 51.5 Å². The van der Waals surface area contributed by atoms with Gasteiger partial charge in [0.1, 0.15) is 6.04 Å². The van der Waals surface area contributed by atoms with E-state index in [0.717, 1.165) is 48.7 Å². The highest BCUT2D eigenvalue weighted by Crippen LogP contribution is 2.25. The summed E-state index contributed by atoms with van der Waals surface area (Å²) < 4.78 is 2.23. The normalized spacial score (nSPS) is 19.4. The van der Waals surface area contributed by atoms with Gasteiger partial charge in [-0.15, -0.1) is 0 Å². The molecule has 2 aromatic rings. The number of aryl methyl sites for hydroxylation is 1. The SMILES string of the molecule is CC(C)C[C@@H](C(=O)NC1Cc2cn(c3ccccc23)CCCCCCNC1=O)C(CN)C(=O)O. The van der Waals surface area contributed by atoms with Gasteiger partial charge in [0, 0.05) is 43.2 Å².